The van der Waals surface area contributed by atoms with E-state index in [2.05, 4.69) is 0 Å². The van der Waals surface area contributed by atoms with Crippen molar-refractivity contribution in [2.45, 2.75) is 12.7 Å². The van der Waals surface area contributed by atoms with Gasteiger partial charge >= 0.3 is 6.18 Å². The molecule has 0 saturated carbocycles. The van der Waals surface area contributed by atoms with Crippen LogP contribution < -0.4 is 5.73 Å². The van der Waals surface area contributed by atoms with Crippen LogP contribution >= 0.6 is 0 Å². The number of nitrogens with two attached hydrogens (primary N) is 1. The summed E-state index contributed by atoms with van der Waals surface area (Å²) in [5.74, 6) is -1.03. The van der Waals surface area contributed by atoms with E-state index in [1.165, 1.54) is 43.3 Å². The molecule has 0 atom stereocenters. The van der Waals surface area contributed by atoms with Crippen molar-refractivity contribution in [2.24, 2.45) is 5.73 Å². The summed E-state index contributed by atoms with van der Waals surface area (Å²) >= 11 is 0. The number of hydrogen-bond acceptors (Lipinski definition) is 3. The van der Waals surface area contributed by atoms with Crippen molar-refractivity contribution in [3.8, 4) is 0 Å². The molecule has 0 aliphatic heterocycles. The van der Waals surface area contributed by atoms with Crippen molar-refractivity contribution in [1.29, 1.82) is 0 Å². The predicted octanol–water partition coefficient (Wildman–Crippen LogP) is 1.24. The molecule has 0 radical (unpaired) electrons. The number of primary amides is 1. The van der Waals surface area contributed by atoms with Gasteiger partial charge in [0.05, 0.1) is 13.1 Å². The number of likely N-dealkylation sites (N-methyl/N-ethyl adjacent to an activating group) is 1. The predicted molar refractivity (Wildman–Crippen MR) is 75.0 cm³/mol. The number of amides is 2. The third-order valence-electron chi connectivity index (χ3n) is 2.91. The van der Waals surface area contributed by atoms with E-state index in [0.717, 1.165) is 4.90 Å². The molecule has 1 aromatic rings. The van der Waals surface area contributed by atoms with Crippen LogP contribution in [0.15, 0.2) is 24.3 Å². The largest absolute Gasteiger partial charge is 0.401 e. The zero-order valence-electron chi connectivity index (χ0n) is 12.4. The maximum absolute atomic E-state index is 12.6. The molecular weight excluding hydrogens is 299 g/mol. The highest BCUT2D eigenvalue weighted by molar-refractivity contribution is 5.92. The van der Waals surface area contributed by atoms with Crippen molar-refractivity contribution in [3.63, 3.8) is 0 Å². The lowest BCUT2D eigenvalue weighted by Gasteiger charge is -2.24. The Morgan fingerprint density at radius 3 is 2.09 bits per heavy atom. The van der Waals surface area contributed by atoms with Gasteiger partial charge in [0.1, 0.15) is 0 Å². The van der Waals surface area contributed by atoms with Crippen LogP contribution in [-0.2, 0) is 11.3 Å². The van der Waals surface area contributed by atoms with Gasteiger partial charge in [-0.15, -0.1) is 0 Å². The molecule has 122 valence electrons. The van der Waals surface area contributed by atoms with E-state index in [1.807, 2.05) is 0 Å². The molecule has 2 amide bonds. The van der Waals surface area contributed by atoms with E-state index in [-0.39, 0.29) is 18.7 Å². The first-order chi connectivity index (χ1) is 10.1. The van der Waals surface area contributed by atoms with Gasteiger partial charge in [-0.05, 0) is 17.7 Å². The van der Waals surface area contributed by atoms with Crippen molar-refractivity contribution in [1.82, 2.24) is 9.80 Å². The Hall–Kier alpha value is -2.09. The van der Waals surface area contributed by atoms with E-state index in [1.54, 1.807) is 0 Å². The topological polar surface area (TPSA) is 66.6 Å². The Balaban J connectivity index is 2.82. The summed E-state index contributed by atoms with van der Waals surface area (Å²) in [6.45, 7) is -1.59. The summed E-state index contributed by atoms with van der Waals surface area (Å²) in [7, 11) is 2.96. The van der Waals surface area contributed by atoms with Gasteiger partial charge in [0, 0.05) is 26.2 Å². The van der Waals surface area contributed by atoms with E-state index in [0.29, 0.717) is 5.56 Å². The lowest BCUT2D eigenvalue weighted by Crippen LogP contribution is -2.41. The second-order valence-electron chi connectivity index (χ2n) is 5.11. The van der Waals surface area contributed by atoms with Gasteiger partial charge in [0.2, 0.25) is 11.8 Å². The molecule has 0 aromatic heterocycles. The quantitative estimate of drug-likeness (QED) is 0.858. The molecule has 8 heteroatoms. The summed E-state index contributed by atoms with van der Waals surface area (Å²) < 4.78 is 37.8. The molecule has 0 unspecified atom stereocenters. The minimum atomic E-state index is -4.40. The van der Waals surface area contributed by atoms with Crippen LogP contribution in [0.2, 0.25) is 0 Å². The van der Waals surface area contributed by atoms with Crippen LogP contribution in [0.1, 0.15) is 15.9 Å². The molecule has 1 aromatic carbocycles. The van der Waals surface area contributed by atoms with Gasteiger partial charge in [-0.3, -0.25) is 14.5 Å². The first-order valence-corrected chi connectivity index (χ1v) is 6.46. The summed E-state index contributed by atoms with van der Waals surface area (Å²) in [5, 5.41) is 0. The van der Waals surface area contributed by atoms with Crippen LogP contribution in [0, 0.1) is 0 Å². The molecule has 5 nitrogen and oxygen atoms in total. The van der Waals surface area contributed by atoms with Gasteiger partial charge in [0.25, 0.3) is 0 Å². The molecule has 0 bridgehead atoms. The number of alkyl halides is 3. The SMILES string of the molecule is CN(C)C(=O)CN(Cc1ccc(C(N)=O)cc1)CC(F)(F)F. The Labute approximate surface area is 126 Å². The monoisotopic (exact) mass is 317 g/mol. The number of carbonyl (C=O) groups excluding carboxylic acids is 2. The molecule has 2 N–H and O–H groups in total. The minimum absolute atomic E-state index is 0.0574. The highest BCUT2D eigenvalue weighted by atomic mass is 19.4. The maximum atomic E-state index is 12.6. The average molecular weight is 317 g/mol. The van der Waals surface area contributed by atoms with Crippen LogP contribution in [0.3, 0.4) is 0 Å². The Morgan fingerprint density at radius 2 is 1.68 bits per heavy atom. The molecule has 1 rings (SSSR count). The Morgan fingerprint density at radius 1 is 1.14 bits per heavy atom. The minimum Gasteiger partial charge on any atom is -0.366 e. The van der Waals surface area contributed by atoms with Gasteiger partial charge in [-0.1, -0.05) is 12.1 Å². The van der Waals surface area contributed by atoms with Crippen molar-refractivity contribution < 1.29 is 22.8 Å². The molecule has 0 aliphatic rings. The fourth-order valence-electron chi connectivity index (χ4n) is 1.79. The van der Waals surface area contributed by atoms with Gasteiger partial charge in [-0.25, -0.2) is 0 Å². The average Bonchev–Trinajstić information content (AvgIpc) is 2.37. The lowest BCUT2D eigenvalue weighted by atomic mass is 10.1. The second kappa shape index (κ2) is 7.26. The third kappa shape index (κ3) is 6.13. The molecule has 22 heavy (non-hydrogen) atoms. The number of hydrogen-bond donors (Lipinski definition) is 1. The molecule has 0 spiro atoms. The zero-order chi connectivity index (χ0) is 16.9. The van der Waals surface area contributed by atoms with Crippen LogP contribution in [0.25, 0.3) is 0 Å². The first kappa shape index (κ1) is 18.0. The molecule has 0 heterocycles. The van der Waals surface area contributed by atoms with Crippen LogP contribution in [-0.4, -0.2) is 55.0 Å². The van der Waals surface area contributed by atoms with Gasteiger partial charge < -0.3 is 10.6 Å². The molecular formula is C14H18F3N3O2. The van der Waals surface area contributed by atoms with Crippen LogP contribution in [0.5, 0.6) is 0 Å². The summed E-state index contributed by atoms with van der Waals surface area (Å²) in [6, 6.07) is 5.92. The molecule has 0 fully saturated rings. The molecule has 0 aliphatic carbocycles. The summed E-state index contributed by atoms with van der Waals surface area (Å²) in [5.41, 5.74) is 5.93. The van der Waals surface area contributed by atoms with E-state index in [4.69, 9.17) is 5.73 Å². The third-order valence-corrected chi connectivity index (χ3v) is 2.91. The number of nitrogens with zero attached hydrogens (tertiary/aromatic N) is 2. The van der Waals surface area contributed by atoms with Crippen molar-refractivity contribution in [3.05, 3.63) is 35.4 Å². The summed E-state index contributed by atoms with van der Waals surface area (Å²) in [4.78, 5) is 24.8. The van der Waals surface area contributed by atoms with E-state index in [9.17, 15) is 22.8 Å². The van der Waals surface area contributed by atoms with E-state index < -0.39 is 24.5 Å². The Bertz CT molecular complexity index is 527. The number of halogens is 3. The number of benzene rings is 1. The first-order valence-electron chi connectivity index (χ1n) is 6.46. The smallest absolute Gasteiger partial charge is 0.366 e. The van der Waals surface area contributed by atoms with Crippen molar-refractivity contribution >= 4 is 11.8 Å². The fourth-order valence-corrected chi connectivity index (χ4v) is 1.79. The van der Waals surface area contributed by atoms with Gasteiger partial charge in [-0.2, -0.15) is 13.2 Å². The number of carbonyl (C=O) groups is 2. The highest BCUT2D eigenvalue weighted by Crippen LogP contribution is 2.18. The van der Waals surface area contributed by atoms with Crippen molar-refractivity contribution in [2.75, 3.05) is 27.2 Å². The normalized spacial score (nSPS) is 11.5. The lowest BCUT2D eigenvalue weighted by molar-refractivity contribution is -0.151. The van der Waals surface area contributed by atoms with Crippen LogP contribution in [0.4, 0.5) is 13.2 Å². The highest BCUT2D eigenvalue weighted by Gasteiger charge is 2.31. The van der Waals surface area contributed by atoms with E-state index >= 15 is 0 Å². The maximum Gasteiger partial charge on any atom is 0.401 e. The zero-order valence-corrected chi connectivity index (χ0v) is 12.4. The Kier molecular flexibility index (Phi) is 5.92. The summed E-state index contributed by atoms with van der Waals surface area (Å²) in [6.07, 6.45) is -4.40. The van der Waals surface area contributed by atoms with Gasteiger partial charge in [0.15, 0.2) is 0 Å². The number of rotatable bonds is 6. The molecule has 0 saturated heterocycles. The standard InChI is InChI=1S/C14H18F3N3O2/c1-19(2)12(21)8-20(9-14(15,16)17)7-10-3-5-11(6-4-10)13(18)22/h3-6H,7-9H2,1-2H3,(H2,18,22). The fraction of sp³-hybridized carbons (Fsp3) is 0.429. The second-order valence-corrected chi connectivity index (χ2v) is 5.11.